The lowest BCUT2D eigenvalue weighted by molar-refractivity contribution is -0.122. The Morgan fingerprint density at radius 2 is 2.24 bits per heavy atom. The fourth-order valence-electron chi connectivity index (χ4n) is 2.54. The average Bonchev–Trinajstić information content (AvgIpc) is 2.91. The number of nitrogens with zero attached hydrogens (tertiary/aromatic N) is 1. The van der Waals surface area contributed by atoms with Gasteiger partial charge in [-0.1, -0.05) is 35.3 Å². The molecular formula is C15H20Cl2N2O2. The molecule has 4 nitrogen and oxygen atoms in total. The summed E-state index contributed by atoms with van der Waals surface area (Å²) >= 11 is 12.1. The molecule has 21 heavy (non-hydrogen) atoms. The van der Waals surface area contributed by atoms with Crippen LogP contribution < -0.4 is 5.32 Å². The zero-order valence-corrected chi connectivity index (χ0v) is 13.3. The van der Waals surface area contributed by atoms with Crippen molar-refractivity contribution in [2.24, 2.45) is 5.92 Å². The second-order valence-corrected chi connectivity index (χ2v) is 6.17. The van der Waals surface area contributed by atoms with Crippen LogP contribution in [0.25, 0.3) is 0 Å². The molecule has 2 rings (SSSR count). The summed E-state index contributed by atoms with van der Waals surface area (Å²) in [5.41, 5.74) is 0.936. The van der Waals surface area contributed by atoms with Crippen LogP contribution in [0.1, 0.15) is 12.0 Å². The van der Waals surface area contributed by atoms with Crippen LogP contribution in [-0.4, -0.2) is 48.7 Å². The van der Waals surface area contributed by atoms with Crippen molar-refractivity contribution in [3.8, 4) is 0 Å². The van der Waals surface area contributed by atoms with E-state index >= 15 is 0 Å². The molecular weight excluding hydrogens is 311 g/mol. The van der Waals surface area contributed by atoms with Crippen LogP contribution in [0.5, 0.6) is 0 Å². The van der Waals surface area contributed by atoms with E-state index in [4.69, 9.17) is 28.3 Å². The number of nitrogens with one attached hydrogen (secondary N) is 1. The normalized spacial score (nSPS) is 18.9. The lowest BCUT2D eigenvalue weighted by atomic mass is 10.1. The Balaban J connectivity index is 1.71. The molecule has 6 heteroatoms. The molecule has 0 saturated carbocycles. The fourth-order valence-corrected chi connectivity index (χ4v) is 2.96. The van der Waals surface area contributed by atoms with Gasteiger partial charge in [0, 0.05) is 19.7 Å². The molecule has 0 radical (unpaired) electrons. The quantitative estimate of drug-likeness (QED) is 0.838. The van der Waals surface area contributed by atoms with Gasteiger partial charge in [-0.25, -0.2) is 0 Å². The van der Waals surface area contributed by atoms with Gasteiger partial charge in [0.2, 0.25) is 5.91 Å². The molecule has 116 valence electrons. The second kappa shape index (κ2) is 7.99. The number of aliphatic hydroxyl groups excluding tert-OH is 1. The van der Waals surface area contributed by atoms with Crippen LogP contribution in [0.2, 0.25) is 10.0 Å². The van der Waals surface area contributed by atoms with Gasteiger partial charge < -0.3 is 10.4 Å². The predicted octanol–water partition coefficient (Wildman–Crippen LogP) is 1.97. The first-order valence-corrected chi connectivity index (χ1v) is 7.88. The van der Waals surface area contributed by atoms with E-state index in [1.807, 2.05) is 12.1 Å². The van der Waals surface area contributed by atoms with Gasteiger partial charge in [0.1, 0.15) is 0 Å². The fraction of sp³-hybridized carbons (Fsp3) is 0.533. The topological polar surface area (TPSA) is 52.6 Å². The minimum atomic E-state index is 0.00624. The van der Waals surface area contributed by atoms with Crippen LogP contribution in [0.3, 0.4) is 0 Å². The van der Waals surface area contributed by atoms with Gasteiger partial charge in [0.15, 0.2) is 0 Å². The molecule has 2 N–H and O–H groups in total. The monoisotopic (exact) mass is 330 g/mol. The second-order valence-electron chi connectivity index (χ2n) is 5.39. The number of aliphatic hydroxyl groups is 1. The molecule has 1 aliphatic heterocycles. The van der Waals surface area contributed by atoms with Gasteiger partial charge in [-0.2, -0.15) is 0 Å². The van der Waals surface area contributed by atoms with Crippen molar-refractivity contribution >= 4 is 29.1 Å². The van der Waals surface area contributed by atoms with Crippen molar-refractivity contribution in [3.05, 3.63) is 33.8 Å². The molecule has 0 spiro atoms. The molecule has 0 aromatic heterocycles. The lowest BCUT2D eigenvalue weighted by Gasteiger charge is -2.15. The Labute approximate surface area is 135 Å². The van der Waals surface area contributed by atoms with E-state index in [1.54, 1.807) is 6.07 Å². The van der Waals surface area contributed by atoms with E-state index in [0.29, 0.717) is 35.5 Å². The molecule has 1 fully saturated rings. The third-order valence-corrected chi connectivity index (χ3v) is 4.60. The number of hydrogen-bond acceptors (Lipinski definition) is 3. The Kier molecular flexibility index (Phi) is 6.30. The molecule has 1 atom stereocenters. The SMILES string of the molecule is O=C(CN1CCC(CO)C1)NCCc1cccc(Cl)c1Cl. The summed E-state index contributed by atoms with van der Waals surface area (Å²) in [5, 5.41) is 13.1. The largest absolute Gasteiger partial charge is 0.396 e. The van der Waals surface area contributed by atoms with E-state index in [1.165, 1.54) is 0 Å². The summed E-state index contributed by atoms with van der Waals surface area (Å²) in [5.74, 6) is 0.315. The highest BCUT2D eigenvalue weighted by Gasteiger charge is 2.23. The van der Waals surface area contributed by atoms with Gasteiger partial charge in [-0.05, 0) is 36.9 Å². The van der Waals surface area contributed by atoms with Gasteiger partial charge in [-0.3, -0.25) is 9.69 Å². The minimum absolute atomic E-state index is 0.00624. The maximum Gasteiger partial charge on any atom is 0.234 e. The van der Waals surface area contributed by atoms with Crippen LogP contribution in [0.4, 0.5) is 0 Å². The summed E-state index contributed by atoms with van der Waals surface area (Å²) in [6, 6.07) is 5.51. The number of rotatable bonds is 6. The molecule has 1 unspecified atom stereocenters. The Bertz CT molecular complexity index is 497. The highest BCUT2D eigenvalue weighted by Crippen LogP contribution is 2.25. The molecule has 1 heterocycles. The summed E-state index contributed by atoms with van der Waals surface area (Å²) < 4.78 is 0. The summed E-state index contributed by atoms with van der Waals surface area (Å²) in [4.78, 5) is 13.9. The van der Waals surface area contributed by atoms with E-state index in [9.17, 15) is 4.79 Å². The first kappa shape index (κ1) is 16.6. The zero-order valence-electron chi connectivity index (χ0n) is 11.8. The number of carbonyl (C=O) groups is 1. The molecule has 1 aliphatic rings. The number of amides is 1. The maximum absolute atomic E-state index is 11.9. The smallest absolute Gasteiger partial charge is 0.234 e. The Morgan fingerprint density at radius 3 is 2.95 bits per heavy atom. The minimum Gasteiger partial charge on any atom is -0.396 e. The maximum atomic E-state index is 11.9. The van der Waals surface area contributed by atoms with Crippen molar-refractivity contribution < 1.29 is 9.90 Å². The highest BCUT2D eigenvalue weighted by molar-refractivity contribution is 6.42. The van der Waals surface area contributed by atoms with Gasteiger partial charge in [-0.15, -0.1) is 0 Å². The van der Waals surface area contributed by atoms with E-state index in [-0.39, 0.29) is 12.5 Å². The number of benzene rings is 1. The molecule has 1 aromatic rings. The Morgan fingerprint density at radius 1 is 1.43 bits per heavy atom. The third-order valence-electron chi connectivity index (χ3n) is 3.74. The van der Waals surface area contributed by atoms with Crippen LogP contribution in [0, 0.1) is 5.92 Å². The van der Waals surface area contributed by atoms with Crippen LogP contribution in [0.15, 0.2) is 18.2 Å². The van der Waals surface area contributed by atoms with E-state index < -0.39 is 0 Å². The van der Waals surface area contributed by atoms with Crippen molar-refractivity contribution in [2.75, 3.05) is 32.8 Å². The number of likely N-dealkylation sites (tertiary alicyclic amines) is 1. The standard InChI is InChI=1S/C15H20Cl2N2O2/c16-13-3-1-2-12(15(13)17)4-6-18-14(21)9-19-7-5-11(8-19)10-20/h1-3,11,20H,4-10H2,(H,18,21). The zero-order chi connectivity index (χ0) is 15.2. The predicted molar refractivity (Wildman–Crippen MR) is 84.8 cm³/mol. The van der Waals surface area contributed by atoms with E-state index in [2.05, 4.69) is 10.2 Å². The van der Waals surface area contributed by atoms with Gasteiger partial charge >= 0.3 is 0 Å². The van der Waals surface area contributed by atoms with Crippen LogP contribution >= 0.6 is 23.2 Å². The van der Waals surface area contributed by atoms with Crippen molar-refractivity contribution in [2.45, 2.75) is 12.8 Å². The molecule has 0 aliphatic carbocycles. The molecule has 1 saturated heterocycles. The molecule has 1 amide bonds. The summed E-state index contributed by atoms with van der Waals surface area (Å²) in [7, 11) is 0. The Hall–Kier alpha value is -0.810. The number of carbonyl (C=O) groups excluding carboxylic acids is 1. The van der Waals surface area contributed by atoms with Crippen LogP contribution in [-0.2, 0) is 11.2 Å². The molecule has 1 aromatic carbocycles. The van der Waals surface area contributed by atoms with E-state index in [0.717, 1.165) is 25.1 Å². The summed E-state index contributed by atoms with van der Waals surface area (Å²) in [6.07, 6.45) is 1.62. The van der Waals surface area contributed by atoms with Crippen molar-refractivity contribution in [3.63, 3.8) is 0 Å². The molecule has 0 bridgehead atoms. The number of halogens is 2. The summed E-state index contributed by atoms with van der Waals surface area (Å²) in [6.45, 7) is 2.80. The first-order chi connectivity index (χ1) is 10.1. The third kappa shape index (κ3) is 4.85. The van der Waals surface area contributed by atoms with Crippen molar-refractivity contribution in [1.29, 1.82) is 0 Å². The van der Waals surface area contributed by atoms with Gasteiger partial charge in [0.25, 0.3) is 0 Å². The number of hydrogen-bond donors (Lipinski definition) is 2. The van der Waals surface area contributed by atoms with Gasteiger partial charge in [0.05, 0.1) is 16.6 Å². The average molecular weight is 331 g/mol. The lowest BCUT2D eigenvalue weighted by Crippen LogP contribution is -2.37. The first-order valence-electron chi connectivity index (χ1n) is 7.13. The highest BCUT2D eigenvalue weighted by atomic mass is 35.5. The van der Waals surface area contributed by atoms with Crippen molar-refractivity contribution in [1.82, 2.24) is 10.2 Å².